The molecule has 0 saturated heterocycles. The molecule has 0 saturated carbocycles. The van der Waals surface area contributed by atoms with E-state index >= 15 is 0 Å². The second-order valence-electron chi connectivity index (χ2n) is 4.87. The lowest BCUT2D eigenvalue weighted by Gasteiger charge is -2.07. The average Bonchev–Trinajstić information content (AvgIpc) is 2.43. The molecule has 1 aromatic carbocycles. The summed E-state index contributed by atoms with van der Waals surface area (Å²) in [6, 6.07) is 6.24. The van der Waals surface area contributed by atoms with Gasteiger partial charge in [0.15, 0.2) is 0 Å². The van der Waals surface area contributed by atoms with Gasteiger partial charge in [-0.25, -0.2) is 0 Å². The molecular weight excluding hydrogens is 302 g/mol. The predicted molar refractivity (Wildman–Crippen MR) is 86.0 cm³/mol. The second-order valence-corrected chi connectivity index (χ2v) is 5.73. The third-order valence-electron chi connectivity index (χ3n) is 3.24. The molecular formula is C16H26BrNO. The highest BCUT2D eigenvalue weighted by atomic mass is 79.9. The third-order valence-corrected chi connectivity index (χ3v) is 3.97. The number of benzene rings is 1. The molecule has 0 unspecified atom stereocenters. The number of unbranched alkanes of at least 4 members (excludes halogenated alkanes) is 3. The number of rotatable bonds is 10. The molecule has 0 aromatic heterocycles. The van der Waals surface area contributed by atoms with Crippen molar-refractivity contribution in [3.8, 4) is 5.75 Å². The summed E-state index contributed by atoms with van der Waals surface area (Å²) in [4.78, 5) is 0. The number of halogens is 1. The molecule has 0 aliphatic carbocycles. The van der Waals surface area contributed by atoms with E-state index in [-0.39, 0.29) is 0 Å². The topological polar surface area (TPSA) is 21.3 Å². The van der Waals surface area contributed by atoms with Gasteiger partial charge in [0.2, 0.25) is 0 Å². The number of aryl methyl sites for hydroxylation is 1. The van der Waals surface area contributed by atoms with E-state index in [9.17, 15) is 0 Å². The Balaban J connectivity index is 2.12. The number of methoxy groups -OCH3 is 1. The second kappa shape index (κ2) is 10.3. The molecule has 0 aliphatic heterocycles. The minimum absolute atomic E-state index is 0.914. The first-order valence-corrected chi connectivity index (χ1v) is 8.10. The number of hydrogen-bond acceptors (Lipinski definition) is 2. The first-order valence-electron chi connectivity index (χ1n) is 7.31. The lowest BCUT2D eigenvalue weighted by Crippen LogP contribution is -2.15. The van der Waals surface area contributed by atoms with Crippen LogP contribution in [0.1, 0.15) is 44.6 Å². The minimum atomic E-state index is 0.914. The molecule has 0 fully saturated rings. The van der Waals surface area contributed by atoms with Crippen molar-refractivity contribution in [3.63, 3.8) is 0 Å². The number of nitrogens with one attached hydrogen (secondary N) is 1. The maximum absolute atomic E-state index is 5.20. The first kappa shape index (κ1) is 16.5. The normalized spacial score (nSPS) is 10.7. The van der Waals surface area contributed by atoms with Crippen LogP contribution >= 0.6 is 15.9 Å². The molecule has 2 nitrogen and oxygen atoms in total. The van der Waals surface area contributed by atoms with E-state index in [1.54, 1.807) is 7.11 Å². The zero-order valence-electron chi connectivity index (χ0n) is 12.2. The van der Waals surface area contributed by atoms with E-state index in [0.717, 1.165) is 23.2 Å². The van der Waals surface area contributed by atoms with Crippen molar-refractivity contribution in [3.05, 3.63) is 28.2 Å². The van der Waals surface area contributed by atoms with Crippen LogP contribution in [0, 0.1) is 0 Å². The fourth-order valence-electron chi connectivity index (χ4n) is 2.08. The van der Waals surface area contributed by atoms with Crippen LogP contribution in [-0.2, 0) is 6.42 Å². The Labute approximate surface area is 126 Å². The van der Waals surface area contributed by atoms with E-state index in [2.05, 4.69) is 34.2 Å². The molecule has 0 bridgehead atoms. The summed E-state index contributed by atoms with van der Waals surface area (Å²) >= 11 is 3.61. The molecule has 108 valence electrons. The molecule has 1 rings (SSSR count). The minimum Gasteiger partial charge on any atom is -0.497 e. The molecule has 1 N–H and O–H groups in total. The van der Waals surface area contributed by atoms with Crippen molar-refractivity contribution in [1.29, 1.82) is 0 Å². The van der Waals surface area contributed by atoms with Crippen molar-refractivity contribution in [2.75, 3.05) is 20.2 Å². The monoisotopic (exact) mass is 327 g/mol. The number of ether oxygens (including phenoxy) is 1. The average molecular weight is 328 g/mol. The quantitative estimate of drug-likeness (QED) is 0.636. The highest BCUT2D eigenvalue weighted by Gasteiger charge is 2.01. The summed E-state index contributed by atoms with van der Waals surface area (Å²) < 4.78 is 6.37. The van der Waals surface area contributed by atoms with Gasteiger partial charge in [-0.1, -0.05) is 41.8 Å². The predicted octanol–water partition coefficient (Wildman–Crippen LogP) is 4.56. The Kier molecular flexibility index (Phi) is 8.93. The standard InChI is InChI=1S/C16H26BrNO/c1-3-11-18-12-7-5-4-6-8-14-9-10-15(19-2)13-16(14)17/h9-10,13,18H,3-8,11-12H2,1-2H3. The molecule has 0 amide bonds. The van der Waals surface area contributed by atoms with Gasteiger partial charge in [-0.2, -0.15) is 0 Å². The van der Waals surface area contributed by atoms with Crippen molar-refractivity contribution in [2.45, 2.75) is 45.4 Å². The molecule has 19 heavy (non-hydrogen) atoms. The van der Waals surface area contributed by atoms with Crippen LogP contribution in [0.4, 0.5) is 0 Å². The third kappa shape index (κ3) is 6.98. The maximum Gasteiger partial charge on any atom is 0.120 e. The van der Waals surface area contributed by atoms with Crippen molar-refractivity contribution in [2.24, 2.45) is 0 Å². The van der Waals surface area contributed by atoms with Gasteiger partial charge >= 0.3 is 0 Å². The van der Waals surface area contributed by atoms with Gasteiger partial charge < -0.3 is 10.1 Å². The zero-order valence-corrected chi connectivity index (χ0v) is 13.8. The van der Waals surface area contributed by atoms with Crippen LogP contribution in [0.5, 0.6) is 5.75 Å². The van der Waals surface area contributed by atoms with Crippen LogP contribution in [0.25, 0.3) is 0 Å². The molecule has 0 aliphatic rings. The highest BCUT2D eigenvalue weighted by molar-refractivity contribution is 9.10. The summed E-state index contributed by atoms with van der Waals surface area (Å²) in [6.07, 6.45) is 7.57. The summed E-state index contributed by atoms with van der Waals surface area (Å²) in [7, 11) is 1.70. The van der Waals surface area contributed by atoms with E-state index < -0.39 is 0 Å². The fraction of sp³-hybridized carbons (Fsp3) is 0.625. The smallest absolute Gasteiger partial charge is 0.120 e. The lowest BCUT2D eigenvalue weighted by molar-refractivity contribution is 0.414. The van der Waals surface area contributed by atoms with Gasteiger partial charge in [-0.15, -0.1) is 0 Å². The molecule has 3 heteroatoms. The van der Waals surface area contributed by atoms with Crippen molar-refractivity contribution >= 4 is 15.9 Å². The molecule has 0 radical (unpaired) electrons. The summed E-state index contributed by atoms with van der Waals surface area (Å²) in [5.74, 6) is 0.914. The molecule has 0 atom stereocenters. The Hall–Kier alpha value is -0.540. The Morgan fingerprint density at radius 2 is 1.89 bits per heavy atom. The van der Waals surface area contributed by atoms with Gasteiger partial charge in [0, 0.05) is 4.47 Å². The zero-order chi connectivity index (χ0) is 13.9. The molecule has 0 heterocycles. The largest absolute Gasteiger partial charge is 0.497 e. The van der Waals surface area contributed by atoms with Gasteiger partial charge in [-0.3, -0.25) is 0 Å². The van der Waals surface area contributed by atoms with E-state index in [0.29, 0.717) is 0 Å². The first-order chi connectivity index (χ1) is 9.27. The Bertz CT molecular complexity index is 355. The Morgan fingerprint density at radius 1 is 1.11 bits per heavy atom. The fourth-order valence-corrected chi connectivity index (χ4v) is 2.63. The lowest BCUT2D eigenvalue weighted by atomic mass is 10.1. The van der Waals surface area contributed by atoms with E-state index in [1.165, 1.54) is 44.2 Å². The van der Waals surface area contributed by atoms with Crippen molar-refractivity contribution in [1.82, 2.24) is 5.32 Å². The highest BCUT2D eigenvalue weighted by Crippen LogP contribution is 2.24. The van der Waals surface area contributed by atoms with Gasteiger partial charge in [0.1, 0.15) is 5.75 Å². The Morgan fingerprint density at radius 3 is 2.58 bits per heavy atom. The summed E-state index contributed by atoms with van der Waals surface area (Å²) in [5.41, 5.74) is 1.38. The maximum atomic E-state index is 5.20. The molecule has 1 aromatic rings. The summed E-state index contributed by atoms with van der Waals surface area (Å²) in [5, 5.41) is 3.44. The van der Waals surface area contributed by atoms with E-state index in [1.807, 2.05) is 12.1 Å². The van der Waals surface area contributed by atoms with E-state index in [4.69, 9.17) is 4.74 Å². The number of hydrogen-bond donors (Lipinski definition) is 1. The SMILES string of the molecule is CCCNCCCCCCc1ccc(OC)cc1Br. The van der Waals surface area contributed by atoms with Gasteiger partial charge in [0.05, 0.1) is 7.11 Å². The molecule has 0 spiro atoms. The van der Waals surface area contributed by atoms with Crippen LogP contribution in [0.2, 0.25) is 0 Å². The summed E-state index contributed by atoms with van der Waals surface area (Å²) in [6.45, 7) is 4.53. The van der Waals surface area contributed by atoms with Crippen LogP contribution in [-0.4, -0.2) is 20.2 Å². The van der Waals surface area contributed by atoms with Crippen LogP contribution in [0.15, 0.2) is 22.7 Å². The van der Waals surface area contributed by atoms with Crippen LogP contribution < -0.4 is 10.1 Å². The van der Waals surface area contributed by atoms with Gasteiger partial charge in [-0.05, 0) is 56.5 Å². The van der Waals surface area contributed by atoms with Crippen LogP contribution in [0.3, 0.4) is 0 Å². The van der Waals surface area contributed by atoms with Crippen molar-refractivity contribution < 1.29 is 4.74 Å². The van der Waals surface area contributed by atoms with Gasteiger partial charge in [0.25, 0.3) is 0 Å².